The molecule has 0 saturated heterocycles. The zero-order valence-electron chi connectivity index (χ0n) is 14.7. The SMILES string of the molecule is Cc1nc2c(-c3ccc(Cl)s3)c(-c3ccccc3Cl)nn2c(=O)n1CC(F)(F)F. The van der Waals surface area contributed by atoms with E-state index in [-0.39, 0.29) is 11.5 Å². The molecule has 3 heterocycles. The van der Waals surface area contributed by atoms with Crippen molar-refractivity contribution in [2.45, 2.75) is 19.6 Å². The second-order valence-electron chi connectivity index (χ2n) is 6.19. The van der Waals surface area contributed by atoms with Crippen LogP contribution >= 0.6 is 34.5 Å². The first-order chi connectivity index (χ1) is 13.7. The van der Waals surface area contributed by atoms with Gasteiger partial charge in [-0.25, -0.2) is 9.78 Å². The molecule has 0 atom stereocenters. The minimum absolute atomic E-state index is 0.0747. The first kappa shape index (κ1) is 19.9. The van der Waals surface area contributed by atoms with E-state index in [1.54, 1.807) is 36.4 Å². The van der Waals surface area contributed by atoms with Crippen LogP contribution < -0.4 is 5.69 Å². The van der Waals surface area contributed by atoms with Gasteiger partial charge in [0.2, 0.25) is 0 Å². The summed E-state index contributed by atoms with van der Waals surface area (Å²) in [6, 6.07) is 10.3. The van der Waals surface area contributed by atoms with Crippen molar-refractivity contribution >= 4 is 40.2 Å². The highest BCUT2D eigenvalue weighted by Crippen LogP contribution is 2.41. The minimum Gasteiger partial charge on any atom is -0.271 e. The highest BCUT2D eigenvalue weighted by Gasteiger charge is 2.31. The molecule has 0 aliphatic carbocycles. The van der Waals surface area contributed by atoms with E-state index in [1.807, 2.05) is 0 Å². The zero-order chi connectivity index (χ0) is 20.9. The number of nitrogens with zero attached hydrogens (tertiary/aromatic N) is 4. The van der Waals surface area contributed by atoms with Crippen molar-refractivity contribution in [1.29, 1.82) is 0 Å². The maximum atomic E-state index is 12.9. The fourth-order valence-electron chi connectivity index (χ4n) is 2.99. The maximum absolute atomic E-state index is 12.9. The van der Waals surface area contributed by atoms with Gasteiger partial charge in [0.1, 0.15) is 18.1 Å². The van der Waals surface area contributed by atoms with Crippen molar-refractivity contribution < 1.29 is 13.2 Å². The molecular weight excluding hydrogens is 448 g/mol. The predicted molar refractivity (Wildman–Crippen MR) is 107 cm³/mol. The van der Waals surface area contributed by atoms with Crippen molar-refractivity contribution in [3.05, 3.63) is 62.1 Å². The molecule has 4 rings (SSSR count). The van der Waals surface area contributed by atoms with Crippen LogP contribution in [0, 0.1) is 6.92 Å². The van der Waals surface area contributed by atoms with Crippen LogP contribution in [0.25, 0.3) is 27.3 Å². The molecule has 0 aliphatic rings. The Balaban J connectivity index is 2.08. The predicted octanol–water partition coefficient (Wildman–Crippen LogP) is 5.46. The van der Waals surface area contributed by atoms with Crippen LogP contribution in [0.5, 0.6) is 0 Å². The molecule has 0 aliphatic heterocycles. The quantitative estimate of drug-likeness (QED) is 0.409. The number of thiophene rings is 1. The van der Waals surface area contributed by atoms with Gasteiger partial charge in [-0.3, -0.25) is 4.57 Å². The first-order valence-corrected chi connectivity index (χ1v) is 9.80. The number of fused-ring (bicyclic) bond motifs is 1. The van der Waals surface area contributed by atoms with Crippen molar-refractivity contribution in [1.82, 2.24) is 19.2 Å². The molecule has 11 heteroatoms. The van der Waals surface area contributed by atoms with E-state index >= 15 is 0 Å². The van der Waals surface area contributed by atoms with Crippen molar-refractivity contribution in [3.63, 3.8) is 0 Å². The van der Waals surface area contributed by atoms with E-state index < -0.39 is 18.4 Å². The number of rotatable bonds is 3. The van der Waals surface area contributed by atoms with E-state index in [1.165, 1.54) is 18.3 Å². The number of halogens is 5. The monoisotopic (exact) mass is 458 g/mol. The Morgan fingerprint density at radius 3 is 2.48 bits per heavy atom. The van der Waals surface area contributed by atoms with Crippen LogP contribution in [0.1, 0.15) is 5.82 Å². The van der Waals surface area contributed by atoms with Crippen LogP contribution in [0.3, 0.4) is 0 Å². The molecule has 0 saturated carbocycles. The lowest BCUT2D eigenvalue weighted by molar-refractivity contribution is -0.141. The smallest absolute Gasteiger partial charge is 0.271 e. The summed E-state index contributed by atoms with van der Waals surface area (Å²) in [6.07, 6.45) is -4.58. The minimum atomic E-state index is -4.58. The second kappa shape index (κ2) is 7.16. The normalized spacial score (nSPS) is 12.1. The molecule has 3 aromatic heterocycles. The summed E-state index contributed by atoms with van der Waals surface area (Å²) in [5.41, 5.74) is 0.544. The molecule has 4 aromatic rings. The van der Waals surface area contributed by atoms with E-state index in [0.717, 1.165) is 4.52 Å². The number of alkyl halides is 3. The van der Waals surface area contributed by atoms with Gasteiger partial charge in [-0.2, -0.15) is 22.8 Å². The van der Waals surface area contributed by atoms with E-state index in [4.69, 9.17) is 23.2 Å². The van der Waals surface area contributed by atoms with Gasteiger partial charge in [0.05, 0.1) is 14.9 Å². The van der Waals surface area contributed by atoms with Crippen LogP contribution in [0.4, 0.5) is 13.2 Å². The third-order valence-corrected chi connectivity index (χ3v) is 5.80. The Kier molecular flexibility index (Phi) is 4.92. The van der Waals surface area contributed by atoms with Gasteiger partial charge in [0.15, 0.2) is 5.65 Å². The summed E-state index contributed by atoms with van der Waals surface area (Å²) in [5, 5.41) is 4.67. The Bertz CT molecular complexity index is 1290. The van der Waals surface area contributed by atoms with E-state index in [9.17, 15) is 18.0 Å². The zero-order valence-corrected chi connectivity index (χ0v) is 17.0. The van der Waals surface area contributed by atoms with Gasteiger partial charge in [-0.05, 0) is 25.1 Å². The molecule has 0 radical (unpaired) electrons. The average molecular weight is 459 g/mol. The molecular formula is C18H11Cl2F3N4OS. The van der Waals surface area contributed by atoms with Gasteiger partial charge in [0, 0.05) is 10.4 Å². The highest BCUT2D eigenvalue weighted by atomic mass is 35.5. The number of hydrogen-bond donors (Lipinski definition) is 0. The highest BCUT2D eigenvalue weighted by molar-refractivity contribution is 7.19. The number of hydrogen-bond acceptors (Lipinski definition) is 4. The van der Waals surface area contributed by atoms with Crippen LogP contribution in [0.2, 0.25) is 9.36 Å². The fraction of sp³-hybridized carbons (Fsp3) is 0.167. The van der Waals surface area contributed by atoms with Crippen LogP contribution in [-0.4, -0.2) is 25.3 Å². The largest absolute Gasteiger partial charge is 0.406 e. The second-order valence-corrected chi connectivity index (χ2v) is 8.31. The molecule has 0 fully saturated rings. The lowest BCUT2D eigenvalue weighted by Crippen LogP contribution is -2.35. The molecule has 5 nitrogen and oxygen atoms in total. The van der Waals surface area contributed by atoms with Gasteiger partial charge >= 0.3 is 11.9 Å². The van der Waals surface area contributed by atoms with Crippen molar-refractivity contribution in [3.8, 4) is 21.7 Å². The van der Waals surface area contributed by atoms with E-state index in [2.05, 4.69) is 10.1 Å². The molecule has 150 valence electrons. The van der Waals surface area contributed by atoms with Gasteiger partial charge < -0.3 is 0 Å². The summed E-state index contributed by atoms with van der Waals surface area (Å²) >= 11 is 13.6. The van der Waals surface area contributed by atoms with Crippen molar-refractivity contribution in [2.24, 2.45) is 0 Å². The van der Waals surface area contributed by atoms with E-state index in [0.29, 0.717) is 35.6 Å². The lowest BCUT2D eigenvalue weighted by Gasteiger charge is -2.11. The number of aryl methyl sites for hydroxylation is 1. The van der Waals surface area contributed by atoms with Crippen LogP contribution in [-0.2, 0) is 6.54 Å². The third-order valence-electron chi connectivity index (χ3n) is 4.22. The summed E-state index contributed by atoms with van der Waals surface area (Å²) in [5.74, 6) is -0.0747. The summed E-state index contributed by atoms with van der Waals surface area (Å²) in [6.45, 7) is -0.109. The van der Waals surface area contributed by atoms with Gasteiger partial charge in [-0.1, -0.05) is 41.4 Å². The molecule has 1 aromatic carbocycles. The van der Waals surface area contributed by atoms with Gasteiger partial charge in [-0.15, -0.1) is 11.3 Å². The Morgan fingerprint density at radius 1 is 1.14 bits per heavy atom. The summed E-state index contributed by atoms with van der Waals surface area (Å²) < 4.78 is 40.7. The van der Waals surface area contributed by atoms with Crippen molar-refractivity contribution in [2.75, 3.05) is 0 Å². The number of aromatic nitrogens is 4. The summed E-state index contributed by atoms with van der Waals surface area (Å²) in [4.78, 5) is 17.7. The average Bonchev–Trinajstić information content (AvgIpc) is 3.22. The Morgan fingerprint density at radius 2 is 1.86 bits per heavy atom. The molecule has 0 N–H and O–H groups in total. The topological polar surface area (TPSA) is 52.2 Å². The fourth-order valence-corrected chi connectivity index (χ4v) is 4.30. The van der Waals surface area contributed by atoms with Crippen LogP contribution in [0.15, 0.2) is 41.2 Å². The third kappa shape index (κ3) is 3.65. The molecule has 0 bridgehead atoms. The standard InChI is InChI=1S/C18H11Cl2F3N4OS/c1-9-24-16-14(12-6-7-13(20)29-12)15(10-4-2-3-5-11(10)19)25-27(16)17(28)26(9)8-18(21,22)23/h2-7H,8H2,1H3. The molecule has 29 heavy (non-hydrogen) atoms. The Hall–Kier alpha value is -2.36. The maximum Gasteiger partial charge on any atom is 0.406 e. The Labute approximate surface area is 176 Å². The van der Waals surface area contributed by atoms with Gasteiger partial charge in [0.25, 0.3) is 0 Å². The molecule has 0 unspecified atom stereocenters. The lowest BCUT2D eigenvalue weighted by atomic mass is 10.1. The first-order valence-electron chi connectivity index (χ1n) is 8.23. The summed E-state index contributed by atoms with van der Waals surface area (Å²) in [7, 11) is 0. The molecule has 0 amide bonds. The molecule has 0 spiro atoms. The number of benzene rings is 1.